The van der Waals surface area contributed by atoms with Gasteiger partial charge in [0, 0.05) is 19.7 Å². The standard InChI is InChI=1S/C13H27NO/c1-3-5-10-15-11-9-14-12-13(4-2)7-6-8-13/h14H,3-12H2,1-2H3. The minimum atomic E-state index is 0.642. The van der Waals surface area contributed by atoms with Crippen LogP contribution in [0.25, 0.3) is 0 Å². The van der Waals surface area contributed by atoms with E-state index in [9.17, 15) is 0 Å². The second-order valence-corrected chi connectivity index (χ2v) is 4.85. The Morgan fingerprint density at radius 3 is 2.53 bits per heavy atom. The highest BCUT2D eigenvalue weighted by atomic mass is 16.5. The number of hydrogen-bond donors (Lipinski definition) is 1. The molecular formula is C13H27NO. The van der Waals surface area contributed by atoms with Crippen molar-refractivity contribution in [3.63, 3.8) is 0 Å². The zero-order valence-electron chi connectivity index (χ0n) is 10.5. The Bertz CT molecular complexity index is 149. The maximum atomic E-state index is 5.51. The van der Waals surface area contributed by atoms with Crippen molar-refractivity contribution in [2.45, 2.75) is 52.4 Å². The van der Waals surface area contributed by atoms with Crippen molar-refractivity contribution in [1.82, 2.24) is 5.32 Å². The minimum absolute atomic E-state index is 0.642. The maximum absolute atomic E-state index is 5.51. The SMILES string of the molecule is CCCCOCCNCC1(CC)CCC1. The molecule has 0 aromatic carbocycles. The number of ether oxygens (including phenoxy) is 1. The van der Waals surface area contributed by atoms with E-state index in [4.69, 9.17) is 4.74 Å². The molecule has 0 radical (unpaired) electrons. The first-order valence-electron chi connectivity index (χ1n) is 6.61. The first-order valence-corrected chi connectivity index (χ1v) is 6.61. The molecule has 1 rings (SSSR count). The molecule has 0 unspecified atom stereocenters. The summed E-state index contributed by atoms with van der Waals surface area (Å²) in [5.74, 6) is 0. The predicted molar refractivity (Wildman–Crippen MR) is 65.2 cm³/mol. The molecule has 90 valence electrons. The Morgan fingerprint density at radius 2 is 2.00 bits per heavy atom. The molecule has 1 N–H and O–H groups in total. The number of hydrogen-bond acceptors (Lipinski definition) is 2. The van der Waals surface area contributed by atoms with Gasteiger partial charge in [-0.3, -0.25) is 0 Å². The van der Waals surface area contributed by atoms with E-state index in [2.05, 4.69) is 19.2 Å². The van der Waals surface area contributed by atoms with E-state index in [1.807, 2.05) is 0 Å². The Labute approximate surface area is 94.8 Å². The molecule has 0 heterocycles. The van der Waals surface area contributed by atoms with Crippen LogP contribution in [-0.2, 0) is 4.74 Å². The molecule has 0 atom stereocenters. The van der Waals surface area contributed by atoms with Gasteiger partial charge in [0.2, 0.25) is 0 Å². The van der Waals surface area contributed by atoms with E-state index >= 15 is 0 Å². The van der Waals surface area contributed by atoms with Gasteiger partial charge in [-0.2, -0.15) is 0 Å². The van der Waals surface area contributed by atoms with Gasteiger partial charge in [-0.1, -0.05) is 26.7 Å². The lowest BCUT2D eigenvalue weighted by Crippen LogP contribution is -2.40. The Morgan fingerprint density at radius 1 is 1.20 bits per heavy atom. The summed E-state index contributed by atoms with van der Waals surface area (Å²) in [6, 6.07) is 0. The van der Waals surface area contributed by atoms with Crippen LogP contribution in [0.4, 0.5) is 0 Å². The third kappa shape index (κ3) is 4.52. The van der Waals surface area contributed by atoms with Gasteiger partial charge in [0.05, 0.1) is 6.61 Å². The van der Waals surface area contributed by atoms with Crippen LogP contribution in [-0.4, -0.2) is 26.3 Å². The van der Waals surface area contributed by atoms with Gasteiger partial charge < -0.3 is 10.1 Å². The molecule has 2 heteroatoms. The van der Waals surface area contributed by atoms with E-state index < -0.39 is 0 Å². The highest BCUT2D eigenvalue weighted by Crippen LogP contribution is 2.42. The van der Waals surface area contributed by atoms with Crippen molar-refractivity contribution < 1.29 is 4.74 Å². The van der Waals surface area contributed by atoms with E-state index in [1.165, 1.54) is 45.1 Å². The summed E-state index contributed by atoms with van der Waals surface area (Å²) in [4.78, 5) is 0. The zero-order chi connectivity index (χ0) is 11.0. The lowest BCUT2D eigenvalue weighted by Gasteiger charge is -2.41. The molecule has 1 aliphatic rings. The van der Waals surface area contributed by atoms with E-state index in [0.717, 1.165) is 19.8 Å². The fourth-order valence-electron chi connectivity index (χ4n) is 2.18. The molecule has 1 aliphatic carbocycles. The topological polar surface area (TPSA) is 21.3 Å². The third-order valence-electron chi connectivity index (χ3n) is 3.73. The fourth-order valence-corrected chi connectivity index (χ4v) is 2.18. The molecule has 0 amide bonds. The summed E-state index contributed by atoms with van der Waals surface area (Å²) in [6.45, 7) is 8.53. The lowest BCUT2D eigenvalue weighted by atomic mass is 9.67. The second kappa shape index (κ2) is 7.24. The van der Waals surface area contributed by atoms with Crippen molar-refractivity contribution >= 4 is 0 Å². The molecular weight excluding hydrogens is 186 g/mol. The fraction of sp³-hybridized carbons (Fsp3) is 1.00. The molecule has 2 nitrogen and oxygen atoms in total. The van der Waals surface area contributed by atoms with Gasteiger partial charge in [-0.05, 0) is 31.1 Å². The van der Waals surface area contributed by atoms with Crippen molar-refractivity contribution in [3.05, 3.63) is 0 Å². The summed E-state index contributed by atoms with van der Waals surface area (Å²) < 4.78 is 5.51. The normalized spacial score (nSPS) is 18.8. The quantitative estimate of drug-likeness (QED) is 0.595. The second-order valence-electron chi connectivity index (χ2n) is 4.85. The Kier molecular flexibility index (Phi) is 6.26. The molecule has 15 heavy (non-hydrogen) atoms. The monoisotopic (exact) mass is 213 g/mol. The van der Waals surface area contributed by atoms with Crippen LogP contribution in [0.2, 0.25) is 0 Å². The molecule has 0 aromatic heterocycles. The van der Waals surface area contributed by atoms with Crippen LogP contribution in [0.15, 0.2) is 0 Å². The van der Waals surface area contributed by atoms with E-state index in [1.54, 1.807) is 0 Å². The molecule has 0 saturated heterocycles. The van der Waals surface area contributed by atoms with Crippen LogP contribution in [0.1, 0.15) is 52.4 Å². The van der Waals surface area contributed by atoms with Crippen LogP contribution in [0, 0.1) is 5.41 Å². The van der Waals surface area contributed by atoms with Gasteiger partial charge in [0.15, 0.2) is 0 Å². The van der Waals surface area contributed by atoms with Gasteiger partial charge in [-0.15, -0.1) is 0 Å². The summed E-state index contributed by atoms with van der Waals surface area (Å²) >= 11 is 0. The van der Waals surface area contributed by atoms with Crippen LogP contribution in [0.3, 0.4) is 0 Å². The van der Waals surface area contributed by atoms with Crippen LogP contribution >= 0.6 is 0 Å². The highest BCUT2D eigenvalue weighted by molar-refractivity contribution is 4.88. The van der Waals surface area contributed by atoms with Gasteiger partial charge in [0.1, 0.15) is 0 Å². The molecule has 1 saturated carbocycles. The first kappa shape index (κ1) is 13.0. The molecule has 0 bridgehead atoms. The highest BCUT2D eigenvalue weighted by Gasteiger charge is 2.34. The summed E-state index contributed by atoms with van der Waals surface area (Å²) in [7, 11) is 0. The Balaban J connectivity index is 1.88. The molecule has 0 spiro atoms. The van der Waals surface area contributed by atoms with Gasteiger partial charge in [-0.25, -0.2) is 0 Å². The van der Waals surface area contributed by atoms with Crippen molar-refractivity contribution in [1.29, 1.82) is 0 Å². The van der Waals surface area contributed by atoms with Crippen LogP contribution < -0.4 is 5.32 Å². The number of rotatable bonds is 9. The number of unbranched alkanes of at least 4 members (excludes halogenated alkanes) is 1. The average molecular weight is 213 g/mol. The van der Waals surface area contributed by atoms with Crippen molar-refractivity contribution in [2.24, 2.45) is 5.41 Å². The summed E-state index contributed by atoms with van der Waals surface area (Å²) in [6.07, 6.45) is 8.03. The largest absolute Gasteiger partial charge is 0.380 e. The molecule has 1 fully saturated rings. The maximum Gasteiger partial charge on any atom is 0.0590 e. The van der Waals surface area contributed by atoms with E-state index in [0.29, 0.717) is 5.41 Å². The lowest BCUT2D eigenvalue weighted by molar-refractivity contribution is 0.106. The van der Waals surface area contributed by atoms with E-state index in [-0.39, 0.29) is 0 Å². The molecule has 0 aromatic rings. The minimum Gasteiger partial charge on any atom is -0.380 e. The van der Waals surface area contributed by atoms with Gasteiger partial charge >= 0.3 is 0 Å². The average Bonchev–Trinajstić information content (AvgIpc) is 2.20. The van der Waals surface area contributed by atoms with Crippen molar-refractivity contribution in [2.75, 3.05) is 26.3 Å². The Hall–Kier alpha value is -0.0800. The molecule has 0 aliphatic heterocycles. The smallest absolute Gasteiger partial charge is 0.0590 e. The summed E-state index contributed by atoms with van der Waals surface area (Å²) in [5.41, 5.74) is 0.642. The van der Waals surface area contributed by atoms with Crippen molar-refractivity contribution in [3.8, 4) is 0 Å². The zero-order valence-corrected chi connectivity index (χ0v) is 10.5. The van der Waals surface area contributed by atoms with Crippen LogP contribution in [0.5, 0.6) is 0 Å². The predicted octanol–water partition coefficient (Wildman–Crippen LogP) is 2.97. The first-order chi connectivity index (χ1) is 7.33. The summed E-state index contributed by atoms with van der Waals surface area (Å²) in [5, 5.41) is 3.53. The number of nitrogens with one attached hydrogen (secondary N) is 1. The third-order valence-corrected chi connectivity index (χ3v) is 3.73. The van der Waals surface area contributed by atoms with Gasteiger partial charge in [0.25, 0.3) is 0 Å².